The van der Waals surface area contributed by atoms with E-state index in [-0.39, 0.29) is 15.7 Å². The van der Waals surface area contributed by atoms with Crippen molar-refractivity contribution in [3.05, 3.63) is 28.2 Å². The van der Waals surface area contributed by atoms with Crippen LogP contribution in [-0.4, -0.2) is 14.5 Å². The minimum Gasteiger partial charge on any atom is -0.267 e. The van der Waals surface area contributed by atoms with E-state index in [1.165, 1.54) is 4.68 Å². The van der Waals surface area contributed by atoms with E-state index in [1.807, 2.05) is 27.7 Å². The Morgan fingerprint density at radius 2 is 1.87 bits per heavy atom. The van der Waals surface area contributed by atoms with E-state index in [1.54, 1.807) is 19.3 Å². The molecule has 0 aliphatic rings. The second-order valence-electron chi connectivity index (χ2n) is 4.86. The molecule has 0 fully saturated rings. The average Bonchev–Trinajstić information content (AvgIpc) is 2.07. The molecule has 0 atom stereocenters. The van der Waals surface area contributed by atoms with E-state index in [2.05, 4.69) is 17.7 Å². The zero-order valence-corrected chi connectivity index (χ0v) is 10.8. The highest BCUT2D eigenvalue weighted by Gasteiger charge is 2.37. The first-order valence-corrected chi connectivity index (χ1v) is 5.38. The minimum atomic E-state index is -0.298. The van der Waals surface area contributed by atoms with Gasteiger partial charge < -0.3 is 0 Å². The molecule has 4 heteroatoms. The van der Waals surface area contributed by atoms with E-state index < -0.39 is 0 Å². The van der Waals surface area contributed by atoms with Crippen molar-refractivity contribution in [3.63, 3.8) is 0 Å². The minimum absolute atomic E-state index is 0.0513. The van der Waals surface area contributed by atoms with Crippen LogP contribution in [0.25, 0.3) is 0 Å². The molecule has 0 saturated heterocycles. The second-order valence-corrected chi connectivity index (χ2v) is 5.98. The topological polar surface area (TPSA) is 34.9 Å². The van der Waals surface area contributed by atoms with Crippen molar-refractivity contribution in [3.8, 4) is 0 Å². The van der Waals surface area contributed by atoms with E-state index in [0.29, 0.717) is 0 Å². The highest BCUT2D eigenvalue weighted by atomic mass is 32.1. The van der Waals surface area contributed by atoms with Gasteiger partial charge in [-0.15, -0.1) is 0 Å². The van der Waals surface area contributed by atoms with Crippen molar-refractivity contribution in [1.29, 1.82) is 0 Å². The number of nitrogens with zero attached hydrogens (tertiary/aromatic N) is 2. The SMILES string of the molecule is Cn1nccc(C(C)(C)C(C)(C)S)c1=O. The molecule has 0 radical (unpaired) electrons. The van der Waals surface area contributed by atoms with E-state index >= 15 is 0 Å². The molecule has 3 nitrogen and oxygen atoms in total. The van der Waals surface area contributed by atoms with Gasteiger partial charge in [-0.2, -0.15) is 17.7 Å². The molecule has 1 aromatic rings. The van der Waals surface area contributed by atoms with Crippen LogP contribution < -0.4 is 5.56 Å². The number of aryl methyl sites for hydroxylation is 1. The summed E-state index contributed by atoms with van der Waals surface area (Å²) in [7, 11) is 1.66. The van der Waals surface area contributed by atoms with Gasteiger partial charge in [0.2, 0.25) is 0 Å². The van der Waals surface area contributed by atoms with Crippen LogP contribution in [0.3, 0.4) is 0 Å². The summed E-state index contributed by atoms with van der Waals surface area (Å²) >= 11 is 4.56. The lowest BCUT2D eigenvalue weighted by molar-refractivity contribution is 0.406. The van der Waals surface area contributed by atoms with Crippen molar-refractivity contribution < 1.29 is 0 Å². The van der Waals surface area contributed by atoms with E-state index in [9.17, 15) is 4.79 Å². The van der Waals surface area contributed by atoms with Gasteiger partial charge in [-0.1, -0.05) is 27.7 Å². The van der Waals surface area contributed by atoms with Crippen LogP contribution >= 0.6 is 12.6 Å². The van der Waals surface area contributed by atoms with Gasteiger partial charge in [0.15, 0.2) is 0 Å². The first-order valence-electron chi connectivity index (χ1n) is 4.93. The summed E-state index contributed by atoms with van der Waals surface area (Å²) in [5.74, 6) is 0. The van der Waals surface area contributed by atoms with Crippen molar-refractivity contribution >= 4 is 12.6 Å². The summed E-state index contributed by atoms with van der Waals surface area (Å²) in [5.41, 5.74) is 0.401. The first-order chi connectivity index (χ1) is 6.68. The van der Waals surface area contributed by atoms with Crippen LogP contribution in [0.1, 0.15) is 33.3 Å². The Kier molecular flexibility index (Phi) is 3.01. The lowest BCUT2D eigenvalue weighted by Gasteiger charge is -2.37. The summed E-state index contributed by atoms with van der Waals surface area (Å²) in [6, 6.07) is 1.78. The highest BCUT2D eigenvalue weighted by Crippen LogP contribution is 2.37. The Hall–Kier alpha value is -0.770. The third-order valence-electron chi connectivity index (χ3n) is 3.21. The molecule has 15 heavy (non-hydrogen) atoms. The fraction of sp³-hybridized carbons (Fsp3) is 0.636. The van der Waals surface area contributed by atoms with Crippen molar-refractivity contribution in [1.82, 2.24) is 9.78 Å². The average molecular weight is 226 g/mol. The predicted molar refractivity (Wildman–Crippen MR) is 65.6 cm³/mol. The zero-order chi connectivity index (χ0) is 11.9. The van der Waals surface area contributed by atoms with Gasteiger partial charge in [0, 0.05) is 29.0 Å². The van der Waals surface area contributed by atoms with Crippen LogP contribution in [0.4, 0.5) is 0 Å². The number of rotatable bonds is 2. The summed E-state index contributed by atoms with van der Waals surface area (Å²) in [6.07, 6.45) is 1.65. The third-order valence-corrected chi connectivity index (χ3v) is 3.77. The molecular weight excluding hydrogens is 208 g/mol. The highest BCUT2D eigenvalue weighted by molar-refractivity contribution is 7.81. The first kappa shape index (κ1) is 12.3. The Morgan fingerprint density at radius 3 is 2.33 bits per heavy atom. The van der Waals surface area contributed by atoms with Gasteiger partial charge in [0.05, 0.1) is 0 Å². The fourth-order valence-electron chi connectivity index (χ4n) is 1.31. The molecule has 0 aliphatic carbocycles. The largest absolute Gasteiger partial charge is 0.270 e. The predicted octanol–water partition coefficient (Wildman–Crippen LogP) is 1.77. The van der Waals surface area contributed by atoms with Gasteiger partial charge in [-0.05, 0) is 6.07 Å². The van der Waals surface area contributed by atoms with E-state index in [0.717, 1.165) is 5.56 Å². The zero-order valence-electron chi connectivity index (χ0n) is 9.90. The Morgan fingerprint density at radius 1 is 1.33 bits per heavy atom. The maximum atomic E-state index is 11.9. The number of aromatic nitrogens is 2. The molecule has 0 bridgehead atoms. The molecule has 0 saturated carbocycles. The maximum absolute atomic E-state index is 11.9. The molecule has 0 spiro atoms. The smallest absolute Gasteiger partial charge is 0.267 e. The summed E-state index contributed by atoms with van der Waals surface area (Å²) in [6.45, 7) is 8.07. The lowest BCUT2D eigenvalue weighted by atomic mass is 9.75. The van der Waals surface area contributed by atoms with Gasteiger partial charge in [0.1, 0.15) is 0 Å². The number of hydrogen-bond donors (Lipinski definition) is 1. The van der Waals surface area contributed by atoms with Crippen LogP contribution in [-0.2, 0) is 12.5 Å². The normalized spacial score (nSPS) is 12.9. The number of hydrogen-bond acceptors (Lipinski definition) is 3. The van der Waals surface area contributed by atoms with Gasteiger partial charge >= 0.3 is 0 Å². The molecule has 0 N–H and O–H groups in total. The summed E-state index contributed by atoms with van der Waals surface area (Å²) in [5, 5.41) is 3.91. The molecule has 84 valence electrons. The van der Waals surface area contributed by atoms with Crippen LogP contribution in [0.5, 0.6) is 0 Å². The van der Waals surface area contributed by atoms with Gasteiger partial charge in [0.25, 0.3) is 5.56 Å². The summed E-state index contributed by atoms with van der Waals surface area (Å²) in [4.78, 5) is 11.9. The maximum Gasteiger partial charge on any atom is 0.270 e. The van der Waals surface area contributed by atoms with Gasteiger partial charge in [-0.3, -0.25) is 4.79 Å². The van der Waals surface area contributed by atoms with E-state index in [4.69, 9.17) is 0 Å². The van der Waals surface area contributed by atoms with Crippen molar-refractivity contribution in [2.75, 3.05) is 0 Å². The Bertz CT molecular complexity index is 415. The molecular formula is C11H18N2OS. The fourth-order valence-corrected chi connectivity index (χ4v) is 1.43. The van der Waals surface area contributed by atoms with Crippen molar-refractivity contribution in [2.24, 2.45) is 7.05 Å². The second kappa shape index (κ2) is 3.67. The quantitative estimate of drug-likeness (QED) is 0.780. The summed E-state index contributed by atoms with van der Waals surface area (Å²) < 4.78 is 1.09. The Labute approximate surface area is 95.9 Å². The van der Waals surface area contributed by atoms with Crippen LogP contribution in [0.2, 0.25) is 0 Å². The van der Waals surface area contributed by atoms with Crippen LogP contribution in [0, 0.1) is 0 Å². The monoisotopic (exact) mass is 226 g/mol. The third kappa shape index (κ3) is 2.09. The molecule has 0 unspecified atom stereocenters. The standard InChI is InChI=1S/C11H18N2OS/c1-10(2,11(3,4)15)8-6-7-12-13(5)9(8)14/h6-7,15H,1-5H3. The van der Waals surface area contributed by atoms with Crippen LogP contribution in [0.15, 0.2) is 17.1 Å². The van der Waals surface area contributed by atoms with Gasteiger partial charge in [-0.25, -0.2) is 4.68 Å². The molecule has 0 aliphatic heterocycles. The molecule has 1 heterocycles. The number of thiol groups is 1. The molecule has 1 rings (SSSR count). The molecule has 0 aromatic carbocycles. The lowest BCUT2D eigenvalue weighted by Crippen LogP contribution is -2.43. The Balaban J connectivity index is 3.41. The van der Waals surface area contributed by atoms with Crippen molar-refractivity contribution in [2.45, 2.75) is 37.9 Å². The molecule has 1 aromatic heterocycles. The molecule has 0 amide bonds.